The summed E-state index contributed by atoms with van der Waals surface area (Å²) < 4.78 is 10.4. The summed E-state index contributed by atoms with van der Waals surface area (Å²) >= 11 is 0. The van der Waals surface area contributed by atoms with Crippen LogP contribution in [0, 0.1) is 0 Å². The molecule has 140 valence electrons. The molecule has 6 nitrogen and oxygen atoms in total. The van der Waals surface area contributed by atoms with Crippen molar-refractivity contribution in [3.8, 4) is 5.75 Å². The van der Waals surface area contributed by atoms with Gasteiger partial charge in [-0.25, -0.2) is 9.80 Å². The Balaban J connectivity index is 1.43. The Kier molecular flexibility index (Phi) is 6.20. The Labute approximate surface area is 158 Å². The van der Waals surface area contributed by atoms with Gasteiger partial charge < -0.3 is 9.47 Å². The Morgan fingerprint density at radius 3 is 2.48 bits per heavy atom. The second-order valence-corrected chi connectivity index (χ2v) is 6.13. The van der Waals surface area contributed by atoms with Crippen molar-refractivity contribution in [2.24, 2.45) is 5.10 Å². The van der Waals surface area contributed by atoms with Crippen molar-refractivity contribution in [2.45, 2.75) is 19.8 Å². The van der Waals surface area contributed by atoms with E-state index < -0.39 is 5.97 Å². The predicted molar refractivity (Wildman–Crippen MR) is 102 cm³/mol. The van der Waals surface area contributed by atoms with E-state index in [9.17, 15) is 9.59 Å². The zero-order chi connectivity index (χ0) is 19.1. The quantitative estimate of drug-likeness (QED) is 0.707. The molecule has 0 saturated carbocycles. The highest BCUT2D eigenvalue weighted by molar-refractivity contribution is 6.02. The molecule has 0 fully saturated rings. The first-order valence-electron chi connectivity index (χ1n) is 8.96. The summed E-state index contributed by atoms with van der Waals surface area (Å²) in [7, 11) is 0. The summed E-state index contributed by atoms with van der Waals surface area (Å²) in [4.78, 5) is 24.0. The van der Waals surface area contributed by atoms with E-state index in [1.807, 2.05) is 42.5 Å². The van der Waals surface area contributed by atoms with Crippen LogP contribution in [-0.2, 0) is 20.7 Å². The summed E-state index contributed by atoms with van der Waals surface area (Å²) in [6, 6.07) is 17.2. The summed E-state index contributed by atoms with van der Waals surface area (Å²) in [5.74, 6) is -0.344. The van der Waals surface area contributed by atoms with Gasteiger partial charge in [-0.3, -0.25) is 4.79 Å². The number of carbonyl (C=O) groups is 2. The van der Waals surface area contributed by atoms with Gasteiger partial charge in [-0.2, -0.15) is 5.10 Å². The molecule has 0 atom stereocenters. The number of ether oxygens (including phenoxy) is 2. The molecular weight excluding hydrogens is 344 g/mol. The molecule has 1 amide bonds. The van der Waals surface area contributed by atoms with Crippen LogP contribution in [0.1, 0.15) is 24.5 Å². The standard InChI is InChI=1S/C21H22N2O4/c1-2-16-8-10-18(11-9-16)26-15-21(25)27-14-20(24)23-13-12-19(22-23)17-6-4-3-5-7-17/h3-11H,2,12-15H2,1H3. The van der Waals surface area contributed by atoms with Crippen molar-refractivity contribution >= 4 is 17.6 Å². The molecule has 0 bridgehead atoms. The number of hydrogen-bond acceptors (Lipinski definition) is 5. The monoisotopic (exact) mass is 366 g/mol. The lowest BCUT2D eigenvalue weighted by Gasteiger charge is -2.12. The lowest BCUT2D eigenvalue weighted by molar-refractivity contribution is -0.153. The van der Waals surface area contributed by atoms with E-state index in [4.69, 9.17) is 9.47 Å². The summed E-state index contributed by atoms with van der Waals surface area (Å²) in [6.45, 7) is 1.97. The molecule has 1 aliphatic heterocycles. The molecule has 27 heavy (non-hydrogen) atoms. The van der Waals surface area contributed by atoms with Crippen molar-refractivity contribution in [1.29, 1.82) is 0 Å². The molecule has 2 aromatic carbocycles. The topological polar surface area (TPSA) is 68.2 Å². The average molecular weight is 366 g/mol. The van der Waals surface area contributed by atoms with E-state index in [0.29, 0.717) is 18.7 Å². The largest absolute Gasteiger partial charge is 0.482 e. The van der Waals surface area contributed by atoms with Gasteiger partial charge in [-0.05, 0) is 29.7 Å². The zero-order valence-corrected chi connectivity index (χ0v) is 15.3. The smallest absolute Gasteiger partial charge is 0.344 e. The van der Waals surface area contributed by atoms with Gasteiger partial charge >= 0.3 is 5.97 Å². The fourth-order valence-corrected chi connectivity index (χ4v) is 2.69. The number of aryl methyl sites for hydroxylation is 1. The fraction of sp³-hybridized carbons (Fsp3) is 0.286. The molecule has 0 saturated heterocycles. The highest BCUT2D eigenvalue weighted by atomic mass is 16.6. The van der Waals surface area contributed by atoms with E-state index in [1.165, 1.54) is 10.6 Å². The van der Waals surface area contributed by atoms with Crippen LogP contribution >= 0.6 is 0 Å². The number of nitrogens with zero attached hydrogens (tertiary/aromatic N) is 2. The van der Waals surface area contributed by atoms with Crippen LogP contribution in [0.3, 0.4) is 0 Å². The van der Waals surface area contributed by atoms with Crippen LogP contribution in [0.2, 0.25) is 0 Å². The fourth-order valence-electron chi connectivity index (χ4n) is 2.69. The molecule has 2 aromatic rings. The Morgan fingerprint density at radius 2 is 1.78 bits per heavy atom. The van der Waals surface area contributed by atoms with Crippen LogP contribution < -0.4 is 4.74 Å². The Hall–Kier alpha value is -3.15. The van der Waals surface area contributed by atoms with Crippen LogP contribution in [0.15, 0.2) is 59.7 Å². The van der Waals surface area contributed by atoms with Crippen molar-refractivity contribution < 1.29 is 19.1 Å². The van der Waals surface area contributed by atoms with Crippen molar-refractivity contribution in [1.82, 2.24) is 5.01 Å². The first-order valence-corrected chi connectivity index (χ1v) is 8.96. The number of amides is 1. The molecule has 0 aliphatic carbocycles. The van der Waals surface area contributed by atoms with Crippen molar-refractivity contribution in [3.05, 3.63) is 65.7 Å². The highest BCUT2D eigenvalue weighted by Gasteiger charge is 2.22. The second-order valence-electron chi connectivity index (χ2n) is 6.13. The van der Waals surface area contributed by atoms with E-state index in [0.717, 1.165) is 17.7 Å². The number of hydrogen-bond donors (Lipinski definition) is 0. The number of rotatable bonds is 7. The molecule has 3 rings (SSSR count). The molecule has 1 heterocycles. The molecule has 1 aliphatic rings. The molecular formula is C21H22N2O4. The Morgan fingerprint density at radius 1 is 1.04 bits per heavy atom. The summed E-state index contributed by atoms with van der Waals surface area (Å²) in [5.41, 5.74) is 3.04. The van der Waals surface area contributed by atoms with E-state index >= 15 is 0 Å². The van der Waals surface area contributed by atoms with Gasteiger partial charge in [0.15, 0.2) is 13.2 Å². The maximum absolute atomic E-state index is 12.2. The lowest BCUT2D eigenvalue weighted by atomic mass is 10.1. The van der Waals surface area contributed by atoms with Gasteiger partial charge in [0.25, 0.3) is 5.91 Å². The maximum Gasteiger partial charge on any atom is 0.344 e. The van der Waals surface area contributed by atoms with E-state index in [1.54, 1.807) is 12.1 Å². The Bertz CT molecular complexity index is 816. The highest BCUT2D eigenvalue weighted by Crippen LogP contribution is 2.14. The molecule has 0 aromatic heterocycles. The van der Waals surface area contributed by atoms with E-state index in [2.05, 4.69) is 12.0 Å². The molecule has 0 radical (unpaired) electrons. The summed E-state index contributed by atoms with van der Waals surface area (Å²) in [6.07, 6.45) is 1.62. The normalized spacial score (nSPS) is 13.2. The molecule has 6 heteroatoms. The summed E-state index contributed by atoms with van der Waals surface area (Å²) in [5, 5.41) is 5.67. The van der Waals surface area contributed by atoms with Crippen molar-refractivity contribution in [3.63, 3.8) is 0 Å². The minimum Gasteiger partial charge on any atom is -0.482 e. The van der Waals surface area contributed by atoms with Gasteiger partial charge in [-0.1, -0.05) is 49.4 Å². The van der Waals surface area contributed by atoms with Gasteiger partial charge in [0, 0.05) is 6.42 Å². The van der Waals surface area contributed by atoms with Crippen LogP contribution in [0.5, 0.6) is 5.75 Å². The van der Waals surface area contributed by atoms with Crippen LogP contribution in [0.25, 0.3) is 0 Å². The predicted octanol–water partition coefficient (Wildman–Crippen LogP) is 2.81. The van der Waals surface area contributed by atoms with Gasteiger partial charge in [0.1, 0.15) is 5.75 Å². The third-order valence-corrected chi connectivity index (χ3v) is 4.24. The minimum absolute atomic E-state index is 0.239. The van der Waals surface area contributed by atoms with Gasteiger partial charge in [0.05, 0.1) is 12.3 Å². The second kappa shape index (κ2) is 8.98. The zero-order valence-electron chi connectivity index (χ0n) is 15.3. The van der Waals surface area contributed by atoms with Gasteiger partial charge in [-0.15, -0.1) is 0 Å². The van der Waals surface area contributed by atoms with Crippen LogP contribution in [-0.4, -0.2) is 42.4 Å². The molecule has 0 unspecified atom stereocenters. The van der Waals surface area contributed by atoms with E-state index in [-0.39, 0.29) is 19.1 Å². The number of esters is 1. The lowest BCUT2D eigenvalue weighted by Crippen LogP contribution is -2.29. The number of carbonyl (C=O) groups excluding carboxylic acids is 2. The van der Waals surface area contributed by atoms with Gasteiger partial charge in [0.2, 0.25) is 0 Å². The van der Waals surface area contributed by atoms with Crippen molar-refractivity contribution in [2.75, 3.05) is 19.8 Å². The maximum atomic E-state index is 12.2. The third-order valence-electron chi connectivity index (χ3n) is 4.24. The SMILES string of the molecule is CCc1ccc(OCC(=O)OCC(=O)N2CCC(c3ccccc3)=N2)cc1. The molecule has 0 N–H and O–H groups in total. The average Bonchev–Trinajstić information content (AvgIpc) is 3.22. The third kappa shape index (κ3) is 5.17. The first-order chi connectivity index (χ1) is 13.2. The van der Waals surface area contributed by atoms with Crippen LogP contribution in [0.4, 0.5) is 0 Å². The first kappa shape index (κ1) is 18.6. The minimum atomic E-state index is -0.589. The molecule has 0 spiro atoms. The number of hydrazone groups is 1. The number of benzene rings is 2.